The number of pyridine rings is 2. The Labute approximate surface area is 191 Å². The van der Waals surface area contributed by atoms with Gasteiger partial charge in [0, 0.05) is 31.2 Å². The van der Waals surface area contributed by atoms with Gasteiger partial charge in [-0.25, -0.2) is 13.4 Å². The Morgan fingerprint density at radius 2 is 2.06 bits per heavy atom. The van der Waals surface area contributed by atoms with Gasteiger partial charge in [0.05, 0.1) is 35.2 Å². The van der Waals surface area contributed by atoms with Crippen molar-refractivity contribution in [3.05, 3.63) is 73.3 Å². The van der Waals surface area contributed by atoms with Gasteiger partial charge in [-0.1, -0.05) is 18.7 Å². The van der Waals surface area contributed by atoms with Gasteiger partial charge in [0.25, 0.3) is 5.91 Å². The van der Waals surface area contributed by atoms with Gasteiger partial charge < -0.3 is 5.32 Å². The summed E-state index contributed by atoms with van der Waals surface area (Å²) in [7, 11) is -1.72. The van der Waals surface area contributed by atoms with Crippen LogP contribution in [-0.2, 0) is 21.9 Å². The van der Waals surface area contributed by atoms with Gasteiger partial charge in [-0.2, -0.15) is 5.10 Å². The molecule has 0 aliphatic heterocycles. The largest absolute Gasteiger partial charge is 0.317 e. The first-order valence-corrected chi connectivity index (χ1v) is 11.7. The fourth-order valence-electron chi connectivity index (χ4n) is 2.92. The van der Waals surface area contributed by atoms with Gasteiger partial charge in [-0.3, -0.25) is 24.2 Å². The van der Waals surface area contributed by atoms with Crippen LogP contribution >= 0.6 is 0 Å². The van der Waals surface area contributed by atoms with Crippen molar-refractivity contribution in [3.8, 4) is 11.4 Å². The third-order valence-electron chi connectivity index (χ3n) is 4.26. The van der Waals surface area contributed by atoms with E-state index in [9.17, 15) is 13.2 Å². The molecule has 11 heteroatoms. The molecule has 0 spiro atoms. The van der Waals surface area contributed by atoms with Crippen molar-refractivity contribution in [2.45, 2.75) is 6.92 Å². The normalized spacial score (nSPS) is 12.3. The zero-order chi connectivity index (χ0) is 24.0. The van der Waals surface area contributed by atoms with Gasteiger partial charge in [-0.05, 0) is 31.2 Å². The number of aromatic nitrogens is 4. The molecule has 3 aromatic rings. The number of hydrogen-bond acceptors (Lipinski definition) is 7. The summed E-state index contributed by atoms with van der Waals surface area (Å²) in [5.74, 6) is -0.493. The molecule has 0 radical (unpaired) electrons. The Hall–Kier alpha value is -4.12. The van der Waals surface area contributed by atoms with Crippen LogP contribution in [0.15, 0.2) is 72.8 Å². The molecule has 0 saturated carbocycles. The van der Waals surface area contributed by atoms with Crippen LogP contribution in [0.5, 0.6) is 0 Å². The minimum Gasteiger partial charge on any atom is -0.317 e. The van der Waals surface area contributed by atoms with Crippen LogP contribution in [0.2, 0.25) is 0 Å². The third-order valence-corrected chi connectivity index (χ3v) is 4.87. The lowest BCUT2D eigenvalue weighted by atomic mass is 10.2. The van der Waals surface area contributed by atoms with E-state index in [0.29, 0.717) is 28.3 Å². The van der Waals surface area contributed by atoms with Gasteiger partial charge >= 0.3 is 0 Å². The fourth-order valence-corrected chi connectivity index (χ4v) is 3.46. The number of carbonyl (C=O) groups excluding carboxylic acids is 1. The minimum absolute atomic E-state index is 0.0559. The average molecular weight is 466 g/mol. The number of allylic oxidation sites excluding steroid dienone is 1. The number of anilines is 2. The molecule has 3 rings (SSSR count). The molecular formula is C22H23N7O3S. The lowest BCUT2D eigenvalue weighted by Gasteiger charge is -2.09. The predicted molar refractivity (Wildman–Crippen MR) is 129 cm³/mol. The Bertz CT molecular complexity index is 1340. The minimum atomic E-state index is -3.47. The third kappa shape index (κ3) is 6.20. The van der Waals surface area contributed by atoms with E-state index >= 15 is 0 Å². The van der Waals surface area contributed by atoms with E-state index in [2.05, 4.69) is 36.7 Å². The number of hydrogen-bond donors (Lipinski definition) is 2. The molecule has 3 heterocycles. The number of carbonyl (C=O) groups is 1. The van der Waals surface area contributed by atoms with E-state index in [0.717, 1.165) is 6.26 Å². The van der Waals surface area contributed by atoms with Gasteiger partial charge in [0.15, 0.2) is 0 Å². The maximum Gasteiger partial charge on any atom is 0.274 e. The molecule has 33 heavy (non-hydrogen) atoms. The monoisotopic (exact) mass is 465 g/mol. The number of rotatable bonds is 8. The molecule has 0 atom stereocenters. The molecule has 2 N–H and O–H groups in total. The SMILES string of the molecule is C=C/C(=N\C(=C/C)c1cncc(NS(C)(=O)=O)c1)C(=O)Nc1cn(C)nc1-c1ccccn1. The van der Waals surface area contributed by atoms with Crippen molar-refractivity contribution < 1.29 is 13.2 Å². The van der Waals surface area contributed by atoms with E-state index in [1.807, 2.05) is 6.07 Å². The van der Waals surface area contributed by atoms with Crippen LogP contribution in [0.4, 0.5) is 11.4 Å². The van der Waals surface area contributed by atoms with Crippen molar-refractivity contribution in [2.75, 3.05) is 16.3 Å². The van der Waals surface area contributed by atoms with Crippen LogP contribution in [0.3, 0.4) is 0 Å². The molecule has 0 saturated heterocycles. The molecule has 0 bridgehead atoms. The molecule has 1 amide bonds. The number of nitrogens with zero attached hydrogens (tertiary/aromatic N) is 5. The summed E-state index contributed by atoms with van der Waals surface area (Å²) in [6.45, 7) is 5.44. The fraction of sp³-hybridized carbons (Fsp3) is 0.136. The molecule has 0 aliphatic rings. The van der Waals surface area contributed by atoms with E-state index in [1.54, 1.807) is 55.3 Å². The standard InChI is InChI=1S/C22H23N7O3S/c1-5-17(15-11-16(13-23-12-15)28-33(4,31)32)25-18(6-2)22(30)26-20-14-29(3)27-21(20)19-9-7-8-10-24-19/h5-14,28H,2H2,1,3-4H3,(H,26,30)/b17-5-,25-18+. The molecule has 170 valence electrons. The molecular weight excluding hydrogens is 442 g/mol. The van der Waals surface area contributed by atoms with Crippen molar-refractivity contribution in [1.82, 2.24) is 19.7 Å². The van der Waals surface area contributed by atoms with Gasteiger partial charge in [-0.15, -0.1) is 0 Å². The Morgan fingerprint density at radius 3 is 2.70 bits per heavy atom. The van der Waals surface area contributed by atoms with Crippen LogP contribution in [0.1, 0.15) is 12.5 Å². The first-order valence-electron chi connectivity index (χ1n) is 9.77. The first kappa shape index (κ1) is 23.5. The Kier molecular flexibility index (Phi) is 7.13. The molecule has 0 unspecified atom stereocenters. The summed E-state index contributed by atoms with van der Waals surface area (Å²) >= 11 is 0. The quantitative estimate of drug-likeness (QED) is 0.492. The lowest BCUT2D eigenvalue weighted by Crippen LogP contribution is -2.21. The lowest BCUT2D eigenvalue weighted by molar-refractivity contribution is -0.110. The van der Waals surface area contributed by atoms with Gasteiger partial charge in [0.1, 0.15) is 11.4 Å². The van der Waals surface area contributed by atoms with E-state index < -0.39 is 15.9 Å². The molecule has 0 aromatic carbocycles. The van der Waals surface area contributed by atoms with E-state index in [1.165, 1.54) is 18.5 Å². The van der Waals surface area contributed by atoms with Crippen LogP contribution in [-0.4, -0.2) is 46.0 Å². The summed E-state index contributed by atoms with van der Waals surface area (Å²) in [6, 6.07) is 6.99. The molecule has 3 aromatic heterocycles. The second-order valence-corrected chi connectivity index (χ2v) is 8.69. The summed E-state index contributed by atoms with van der Waals surface area (Å²) in [5.41, 5.74) is 2.88. The number of aliphatic imine (C=N–C) groups is 1. The maximum atomic E-state index is 13.0. The van der Waals surface area contributed by atoms with Crippen LogP contribution < -0.4 is 10.0 Å². The number of nitrogens with one attached hydrogen (secondary N) is 2. The second-order valence-electron chi connectivity index (χ2n) is 6.95. The van der Waals surface area contributed by atoms with Crippen molar-refractivity contribution in [3.63, 3.8) is 0 Å². The summed E-state index contributed by atoms with van der Waals surface area (Å²) in [4.78, 5) is 25.7. The highest BCUT2D eigenvalue weighted by molar-refractivity contribution is 7.92. The highest BCUT2D eigenvalue weighted by Gasteiger charge is 2.17. The highest BCUT2D eigenvalue weighted by atomic mass is 32.2. The Morgan fingerprint density at radius 1 is 1.27 bits per heavy atom. The zero-order valence-electron chi connectivity index (χ0n) is 18.3. The molecule has 0 aliphatic carbocycles. The van der Waals surface area contributed by atoms with Gasteiger partial charge in [0.2, 0.25) is 10.0 Å². The summed E-state index contributed by atoms with van der Waals surface area (Å²) < 4.78 is 27.0. The molecule has 10 nitrogen and oxygen atoms in total. The predicted octanol–water partition coefficient (Wildman–Crippen LogP) is 2.88. The highest BCUT2D eigenvalue weighted by Crippen LogP contribution is 2.25. The number of amides is 1. The number of sulfonamides is 1. The summed E-state index contributed by atoms with van der Waals surface area (Å²) in [5, 5.41) is 7.19. The van der Waals surface area contributed by atoms with E-state index in [4.69, 9.17) is 0 Å². The molecule has 0 fully saturated rings. The van der Waals surface area contributed by atoms with Crippen molar-refractivity contribution in [1.29, 1.82) is 0 Å². The van der Waals surface area contributed by atoms with Crippen molar-refractivity contribution >= 4 is 38.7 Å². The Balaban J connectivity index is 1.89. The topological polar surface area (TPSA) is 131 Å². The second kappa shape index (κ2) is 10.0. The van der Waals surface area contributed by atoms with E-state index in [-0.39, 0.29) is 11.4 Å². The summed E-state index contributed by atoms with van der Waals surface area (Å²) in [6.07, 6.45) is 10.3. The first-order chi connectivity index (χ1) is 15.7. The number of aryl methyl sites for hydroxylation is 1. The van der Waals surface area contributed by atoms with Crippen LogP contribution in [0.25, 0.3) is 17.1 Å². The average Bonchev–Trinajstić information content (AvgIpc) is 3.14. The maximum absolute atomic E-state index is 13.0. The van der Waals surface area contributed by atoms with Crippen LogP contribution in [0, 0.1) is 0 Å². The zero-order valence-corrected chi connectivity index (χ0v) is 19.2. The van der Waals surface area contributed by atoms with Crippen molar-refractivity contribution in [2.24, 2.45) is 12.0 Å². The smallest absolute Gasteiger partial charge is 0.274 e.